The minimum absolute atomic E-state index is 0.000208. The van der Waals surface area contributed by atoms with Gasteiger partial charge >= 0.3 is 6.18 Å². The van der Waals surface area contributed by atoms with Crippen molar-refractivity contribution in [3.8, 4) is 0 Å². The molecule has 0 bridgehead atoms. The fourth-order valence-electron chi connectivity index (χ4n) is 1.59. The third kappa shape index (κ3) is 2.03. The lowest BCUT2D eigenvalue weighted by Crippen LogP contribution is -2.14. The fourth-order valence-corrected chi connectivity index (χ4v) is 1.59. The normalized spacial score (nSPS) is 11.6. The Balaban J connectivity index is 3.72. The van der Waals surface area contributed by atoms with E-state index in [1.807, 2.05) is 0 Å². The molecule has 1 aromatic carbocycles. The monoisotopic (exact) mass is 233 g/mol. The number of nitrogen functional groups attached to an aromatic ring is 1. The summed E-state index contributed by atoms with van der Waals surface area (Å²) in [6, 6.07) is 0.977. The second-order valence-electron chi connectivity index (χ2n) is 3.62. The summed E-state index contributed by atoms with van der Waals surface area (Å²) in [5.41, 5.74) is 3.32. The zero-order valence-corrected chi connectivity index (χ0v) is 8.87. The summed E-state index contributed by atoms with van der Waals surface area (Å²) in [6.45, 7) is 5.90. The van der Waals surface area contributed by atoms with E-state index >= 15 is 0 Å². The summed E-state index contributed by atoms with van der Waals surface area (Å²) in [5.74, 6) is -1.06. The third-order valence-corrected chi connectivity index (χ3v) is 2.20. The number of nitrogens with two attached hydrogens (primary N) is 1. The van der Waals surface area contributed by atoms with E-state index in [4.69, 9.17) is 5.73 Å². The molecule has 1 rings (SSSR count). The Morgan fingerprint density at radius 3 is 2.25 bits per heavy atom. The number of benzene rings is 1. The van der Waals surface area contributed by atoms with Crippen LogP contribution in [0.25, 0.3) is 5.57 Å². The van der Waals surface area contributed by atoms with Crippen LogP contribution in [0.1, 0.15) is 23.6 Å². The van der Waals surface area contributed by atoms with Crippen LogP contribution < -0.4 is 5.73 Å². The van der Waals surface area contributed by atoms with Crippen molar-refractivity contribution < 1.29 is 17.6 Å². The maximum absolute atomic E-state index is 13.5. The Morgan fingerprint density at radius 2 is 1.88 bits per heavy atom. The van der Waals surface area contributed by atoms with Crippen LogP contribution in [0.15, 0.2) is 12.6 Å². The molecule has 1 aromatic rings. The largest absolute Gasteiger partial charge is 0.417 e. The molecule has 0 amide bonds. The molecule has 0 aliphatic rings. The van der Waals surface area contributed by atoms with Crippen LogP contribution in [0.5, 0.6) is 0 Å². The number of halogens is 4. The molecule has 5 heteroatoms. The Labute approximate surface area is 90.6 Å². The molecule has 0 saturated heterocycles. The lowest BCUT2D eigenvalue weighted by atomic mass is 9.95. The molecule has 0 saturated carbocycles. The molecule has 0 aromatic heterocycles. The quantitative estimate of drug-likeness (QED) is 0.580. The maximum Gasteiger partial charge on any atom is 0.417 e. The molecule has 1 nitrogen and oxygen atoms in total. The topological polar surface area (TPSA) is 26.0 Å². The maximum atomic E-state index is 13.5. The van der Waals surface area contributed by atoms with Crippen molar-refractivity contribution in [1.82, 2.24) is 0 Å². The second kappa shape index (κ2) is 3.81. The van der Waals surface area contributed by atoms with Gasteiger partial charge in [0.05, 0.1) is 11.3 Å². The Kier molecular flexibility index (Phi) is 2.99. The van der Waals surface area contributed by atoms with Gasteiger partial charge in [-0.05, 0) is 31.1 Å². The van der Waals surface area contributed by atoms with Crippen molar-refractivity contribution in [3.05, 3.63) is 35.2 Å². The minimum atomic E-state index is -4.62. The first-order chi connectivity index (χ1) is 7.16. The molecule has 88 valence electrons. The first-order valence-corrected chi connectivity index (χ1v) is 4.48. The highest BCUT2D eigenvalue weighted by molar-refractivity contribution is 5.71. The first kappa shape index (κ1) is 12.5. The number of alkyl halides is 3. The van der Waals surface area contributed by atoms with Crippen molar-refractivity contribution in [2.24, 2.45) is 0 Å². The Morgan fingerprint density at radius 1 is 1.38 bits per heavy atom. The zero-order valence-electron chi connectivity index (χ0n) is 8.87. The van der Waals surface area contributed by atoms with E-state index in [2.05, 4.69) is 6.58 Å². The van der Waals surface area contributed by atoms with E-state index in [0.29, 0.717) is 0 Å². The van der Waals surface area contributed by atoms with Crippen molar-refractivity contribution in [2.75, 3.05) is 5.73 Å². The molecule has 0 spiro atoms. The fraction of sp³-hybridized carbons (Fsp3) is 0.273. The number of anilines is 1. The standard InChI is InChI=1S/C11H11F4N/c1-5(2)8-9(11(13,14)15)6(3)4-7(16)10(8)12/h4H,1,16H2,2-3H3. The lowest BCUT2D eigenvalue weighted by molar-refractivity contribution is -0.138. The molecule has 16 heavy (non-hydrogen) atoms. The highest BCUT2D eigenvalue weighted by Crippen LogP contribution is 2.39. The number of hydrogen-bond acceptors (Lipinski definition) is 1. The molecule has 2 N–H and O–H groups in total. The number of rotatable bonds is 1. The summed E-state index contributed by atoms with van der Waals surface area (Å²) >= 11 is 0. The molecular weight excluding hydrogens is 222 g/mol. The van der Waals surface area contributed by atoms with Gasteiger partial charge in [-0.1, -0.05) is 6.58 Å². The number of hydrogen-bond donors (Lipinski definition) is 1. The van der Waals surface area contributed by atoms with E-state index in [1.54, 1.807) is 0 Å². The van der Waals surface area contributed by atoms with Crippen molar-refractivity contribution >= 4 is 11.3 Å². The summed E-state index contributed by atoms with van der Waals surface area (Å²) in [7, 11) is 0. The van der Waals surface area contributed by atoms with Gasteiger partial charge in [0, 0.05) is 5.56 Å². The van der Waals surface area contributed by atoms with Gasteiger partial charge in [0.1, 0.15) is 0 Å². The van der Waals surface area contributed by atoms with Gasteiger partial charge in [-0.15, -0.1) is 0 Å². The van der Waals surface area contributed by atoms with Crippen LogP contribution in [0, 0.1) is 12.7 Å². The average Bonchev–Trinajstić information content (AvgIpc) is 2.07. The molecular formula is C11H11F4N. The summed E-state index contributed by atoms with van der Waals surface area (Å²) < 4.78 is 51.7. The smallest absolute Gasteiger partial charge is 0.396 e. The van der Waals surface area contributed by atoms with Gasteiger partial charge in [-0.3, -0.25) is 0 Å². The highest BCUT2D eigenvalue weighted by atomic mass is 19.4. The highest BCUT2D eigenvalue weighted by Gasteiger charge is 2.37. The SMILES string of the molecule is C=C(C)c1c(F)c(N)cc(C)c1C(F)(F)F. The molecule has 0 fully saturated rings. The number of aryl methyl sites for hydroxylation is 1. The van der Waals surface area contributed by atoms with Gasteiger partial charge in [0.2, 0.25) is 0 Å². The molecule has 0 heterocycles. The summed E-state index contributed by atoms with van der Waals surface area (Å²) in [6.07, 6.45) is -4.62. The van der Waals surface area contributed by atoms with Crippen LogP contribution in [-0.2, 0) is 6.18 Å². The van der Waals surface area contributed by atoms with E-state index < -0.39 is 23.1 Å². The molecule has 0 radical (unpaired) electrons. The predicted octanol–water partition coefficient (Wildman–Crippen LogP) is 3.77. The van der Waals surface area contributed by atoms with Gasteiger partial charge in [0.15, 0.2) is 5.82 Å². The van der Waals surface area contributed by atoms with E-state index in [9.17, 15) is 17.6 Å². The molecule has 0 unspecified atom stereocenters. The second-order valence-corrected chi connectivity index (χ2v) is 3.62. The van der Waals surface area contributed by atoms with Crippen molar-refractivity contribution in [2.45, 2.75) is 20.0 Å². The molecule has 0 aliphatic heterocycles. The van der Waals surface area contributed by atoms with Gasteiger partial charge in [0.25, 0.3) is 0 Å². The minimum Gasteiger partial charge on any atom is -0.396 e. The summed E-state index contributed by atoms with van der Waals surface area (Å²) in [4.78, 5) is 0. The first-order valence-electron chi connectivity index (χ1n) is 4.48. The van der Waals surface area contributed by atoms with Crippen LogP contribution in [-0.4, -0.2) is 0 Å². The van der Waals surface area contributed by atoms with Crippen molar-refractivity contribution in [3.63, 3.8) is 0 Å². The summed E-state index contributed by atoms with van der Waals surface area (Å²) in [5, 5.41) is 0. The van der Waals surface area contributed by atoms with E-state index in [1.165, 1.54) is 13.8 Å². The van der Waals surface area contributed by atoms with E-state index in [0.717, 1.165) is 6.07 Å². The zero-order chi connectivity index (χ0) is 12.7. The average molecular weight is 233 g/mol. The van der Waals surface area contributed by atoms with E-state index in [-0.39, 0.29) is 16.8 Å². The Hall–Kier alpha value is -1.52. The number of allylic oxidation sites excluding steroid dienone is 1. The van der Waals surface area contributed by atoms with Crippen LogP contribution in [0.4, 0.5) is 23.2 Å². The third-order valence-electron chi connectivity index (χ3n) is 2.20. The Bertz CT molecular complexity index is 446. The predicted molar refractivity (Wildman–Crippen MR) is 55.3 cm³/mol. The van der Waals surface area contributed by atoms with Gasteiger partial charge < -0.3 is 5.73 Å². The molecule has 0 aliphatic carbocycles. The van der Waals surface area contributed by atoms with Gasteiger partial charge in [-0.2, -0.15) is 13.2 Å². The van der Waals surface area contributed by atoms with Crippen LogP contribution in [0.2, 0.25) is 0 Å². The van der Waals surface area contributed by atoms with Crippen LogP contribution in [0.3, 0.4) is 0 Å². The van der Waals surface area contributed by atoms with Gasteiger partial charge in [-0.25, -0.2) is 4.39 Å². The van der Waals surface area contributed by atoms with Crippen molar-refractivity contribution in [1.29, 1.82) is 0 Å². The molecule has 0 atom stereocenters. The lowest BCUT2D eigenvalue weighted by Gasteiger charge is -2.17. The van der Waals surface area contributed by atoms with Crippen LogP contribution >= 0.6 is 0 Å².